The van der Waals surface area contributed by atoms with Crippen molar-refractivity contribution in [3.8, 4) is 11.4 Å². The molecule has 0 radical (unpaired) electrons. The maximum Gasteiger partial charge on any atom is 0.0894 e. The Kier molecular flexibility index (Phi) is 2.66. The minimum absolute atomic E-state index is 0.890. The number of fused-ring (bicyclic) bond motifs is 4. The highest BCUT2D eigenvalue weighted by Gasteiger charge is 2.08. The lowest BCUT2D eigenvalue weighted by Crippen LogP contribution is -1.88. The molecule has 0 saturated heterocycles. The van der Waals surface area contributed by atoms with Crippen molar-refractivity contribution in [2.24, 2.45) is 0 Å². The van der Waals surface area contributed by atoms with E-state index in [9.17, 15) is 0 Å². The summed E-state index contributed by atoms with van der Waals surface area (Å²) < 4.78 is 2.50. The number of benzene rings is 1. The van der Waals surface area contributed by atoms with E-state index in [4.69, 9.17) is 4.98 Å². The zero-order valence-corrected chi connectivity index (χ0v) is 12.9. The molecule has 0 atom stereocenters. The van der Waals surface area contributed by atoms with Crippen molar-refractivity contribution in [2.45, 2.75) is 0 Å². The molecule has 108 valence electrons. The fraction of sp³-hybridized carbons (Fsp3) is 0. The third-order valence-corrected chi connectivity index (χ3v) is 5.14. The van der Waals surface area contributed by atoms with E-state index in [0.29, 0.717) is 0 Å². The monoisotopic (exact) mass is 313 g/mol. The van der Waals surface area contributed by atoms with Crippen molar-refractivity contribution in [2.75, 3.05) is 0 Å². The van der Waals surface area contributed by atoms with E-state index >= 15 is 0 Å². The molecule has 0 fully saturated rings. The molecule has 4 heteroatoms. The van der Waals surface area contributed by atoms with Crippen molar-refractivity contribution in [3.05, 3.63) is 67.1 Å². The predicted molar refractivity (Wildman–Crippen MR) is 95.7 cm³/mol. The Labute approximate surface area is 136 Å². The Balaban J connectivity index is 1.76. The van der Waals surface area contributed by atoms with Crippen molar-refractivity contribution in [1.82, 2.24) is 15.0 Å². The molecule has 4 heterocycles. The largest absolute Gasteiger partial charge is 0.264 e. The quantitative estimate of drug-likeness (QED) is 0.434. The fourth-order valence-electron chi connectivity index (χ4n) is 2.88. The van der Waals surface area contributed by atoms with Crippen molar-refractivity contribution in [1.29, 1.82) is 0 Å². The van der Waals surface area contributed by atoms with Crippen LogP contribution in [0.15, 0.2) is 67.1 Å². The van der Waals surface area contributed by atoms with Crippen LogP contribution in [0, 0.1) is 0 Å². The first-order valence-electron chi connectivity index (χ1n) is 7.37. The van der Waals surface area contributed by atoms with Gasteiger partial charge in [0.2, 0.25) is 0 Å². The van der Waals surface area contributed by atoms with Gasteiger partial charge in [0.05, 0.1) is 21.6 Å². The molecule has 5 aromatic rings. The summed E-state index contributed by atoms with van der Waals surface area (Å²) in [4.78, 5) is 13.5. The van der Waals surface area contributed by atoms with Gasteiger partial charge in [0.15, 0.2) is 0 Å². The average molecular weight is 313 g/mol. The molecule has 0 saturated carbocycles. The van der Waals surface area contributed by atoms with Crippen LogP contribution in [0.1, 0.15) is 0 Å². The van der Waals surface area contributed by atoms with Gasteiger partial charge in [0, 0.05) is 39.4 Å². The minimum atomic E-state index is 0.890. The summed E-state index contributed by atoms with van der Waals surface area (Å²) in [5, 5.41) is 3.56. The summed E-state index contributed by atoms with van der Waals surface area (Å²) in [5.74, 6) is 0. The molecular formula is C19H11N3S. The lowest BCUT2D eigenvalue weighted by atomic mass is 10.1. The molecule has 0 bridgehead atoms. The van der Waals surface area contributed by atoms with E-state index in [1.165, 1.54) is 20.2 Å². The second-order valence-corrected chi connectivity index (χ2v) is 6.51. The first-order valence-corrected chi connectivity index (χ1v) is 8.18. The molecule has 0 aliphatic heterocycles. The average Bonchev–Trinajstić information content (AvgIpc) is 2.99. The summed E-state index contributed by atoms with van der Waals surface area (Å²) in [5.41, 5.74) is 2.73. The number of hydrogen-bond donors (Lipinski definition) is 0. The molecule has 0 aliphatic rings. The molecule has 5 rings (SSSR count). The molecule has 1 aromatic carbocycles. The molecule has 4 aromatic heterocycles. The Morgan fingerprint density at radius 2 is 1.74 bits per heavy atom. The van der Waals surface area contributed by atoms with Gasteiger partial charge >= 0.3 is 0 Å². The Bertz CT molecular complexity index is 1180. The first-order chi connectivity index (χ1) is 11.4. The Hall–Kier alpha value is -2.85. The van der Waals surface area contributed by atoms with Crippen LogP contribution in [0.4, 0.5) is 0 Å². The third-order valence-electron chi connectivity index (χ3n) is 4.02. The van der Waals surface area contributed by atoms with Crippen molar-refractivity contribution >= 4 is 42.4 Å². The predicted octanol–water partition coefficient (Wildman–Crippen LogP) is 5.06. The number of pyridine rings is 3. The van der Waals surface area contributed by atoms with Crippen LogP contribution in [0.3, 0.4) is 0 Å². The first kappa shape index (κ1) is 12.7. The third kappa shape index (κ3) is 1.99. The summed E-state index contributed by atoms with van der Waals surface area (Å²) in [6, 6.07) is 16.6. The summed E-state index contributed by atoms with van der Waals surface area (Å²) in [6.07, 6.45) is 5.55. The normalized spacial score (nSPS) is 11.5. The van der Waals surface area contributed by atoms with E-state index in [2.05, 4.69) is 40.3 Å². The molecule has 23 heavy (non-hydrogen) atoms. The molecule has 0 unspecified atom stereocenters. The number of hydrogen-bond acceptors (Lipinski definition) is 4. The van der Waals surface area contributed by atoms with E-state index < -0.39 is 0 Å². The molecule has 0 amide bonds. The van der Waals surface area contributed by atoms with Gasteiger partial charge in [-0.15, -0.1) is 11.3 Å². The maximum atomic E-state index is 4.72. The smallest absolute Gasteiger partial charge is 0.0894 e. The van der Waals surface area contributed by atoms with Gasteiger partial charge < -0.3 is 0 Å². The van der Waals surface area contributed by atoms with Gasteiger partial charge in [-0.1, -0.05) is 18.2 Å². The SMILES string of the molecule is c1ccc2c(c1)sc1cnc(-c3ccc4cnccc4n3)cc12. The Morgan fingerprint density at radius 3 is 2.74 bits per heavy atom. The molecule has 0 aliphatic carbocycles. The second-order valence-electron chi connectivity index (χ2n) is 5.43. The van der Waals surface area contributed by atoms with Crippen LogP contribution in [-0.4, -0.2) is 15.0 Å². The van der Waals surface area contributed by atoms with Gasteiger partial charge in [-0.05, 0) is 30.3 Å². The van der Waals surface area contributed by atoms with Crippen LogP contribution >= 0.6 is 11.3 Å². The van der Waals surface area contributed by atoms with E-state index in [0.717, 1.165) is 22.3 Å². The minimum Gasteiger partial charge on any atom is -0.264 e. The molecule has 0 spiro atoms. The van der Waals surface area contributed by atoms with Crippen LogP contribution in [0.2, 0.25) is 0 Å². The topological polar surface area (TPSA) is 38.7 Å². The zero-order chi connectivity index (χ0) is 15.2. The number of aromatic nitrogens is 3. The summed E-state index contributed by atoms with van der Waals surface area (Å²) in [6.45, 7) is 0. The highest BCUT2D eigenvalue weighted by Crippen LogP contribution is 2.34. The van der Waals surface area contributed by atoms with Gasteiger partial charge in [-0.25, -0.2) is 4.98 Å². The van der Waals surface area contributed by atoms with E-state index in [1.807, 2.05) is 30.6 Å². The van der Waals surface area contributed by atoms with Gasteiger partial charge in [0.1, 0.15) is 0 Å². The fourth-order valence-corrected chi connectivity index (χ4v) is 3.94. The van der Waals surface area contributed by atoms with Crippen LogP contribution in [0.5, 0.6) is 0 Å². The standard InChI is InChI=1S/C19H11N3S/c1-2-4-18-13(3-1)14-9-17(21-11-19(14)23-18)16-6-5-12-10-20-8-7-15(12)22-16/h1-11H. The van der Waals surface area contributed by atoms with Gasteiger partial charge in [-0.3, -0.25) is 9.97 Å². The van der Waals surface area contributed by atoms with Gasteiger partial charge in [0.25, 0.3) is 0 Å². The second kappa shape index (κ2) is 4.83. The molecule has 0 N–H and O–H groups in total. The van der Waals surface area contributed by atoms with Crippen molar-refractivity contribution < 1.29 is 0 Å². The lowest BCUT2D eigenvalue weighted by Gasteiger charge is -2.02. The number of thiophene rings is 1. The summed E-state index contributed by atoms with van der Waals surface area (Å²) >= 11 is 1.78. The van der Waals surface area contributed by atoms with E-state index in [-0.39, 0.29) is 0 Å². The lowest BCUT2D eigenvalue weighted by molar-refractivity contribution is 1.28. The summed E-state index contributed by atoms with van der Waals surface area (Å²) in [7, 11) is 0. The maximum absolute atomic E-state index is 4.72. The number of rotatable bonds is 1. The highest BCUT2D eigenvalue weighted by atomic mass is 32.1. The molecular weight excluding hydrogens is 302 g/mol. The van der Waals surface area contributed by atoms with E-state index in [1.54, 1.807) is 17.5 Å². The van der Waals surface area contributed by atoms with Crippen LogP contribution in [0.25, 0.3) is 42.5 Å². The number of nitrogens with zero attached hydrogens (tertiary/aromatic N) is 3. The van der Waals surface area contributed by atoms with Crippen LogP contribution < -0.4 is 0 Å². The Morgan fingerprint density at radius 1 is 0.783 bits per heavy atom. The molecule has 3 nitrogen and oxygen atoms in total. The zero-order valence-electron chi connectivity index (χ0n) is 12.1. The highest BCUT2D eigenvalue weighted by molar-refractivity contribution is 7.25. The van der Waals surface area contributed by atoms with Gasteiger partial charge in [-0.2, -0.15) is 0 Å². The van der Waals surface area contributed by atoms with Crippen molar-refractivity contribution in [3.63, 3.8) is 0 Å². The van der Waals surface area contributed by atoms with Crippen LogP contribution in [-0.2, 0) is 0 Å².